The SMILES string of the molecule is N=C1C=CC(=Nc2c(NCCCn3ccnc3)nn3ccccc23)C(=O)C1. The maximum atomic E-state index is 12.2. The molecular weight excluding hydrogens is 342 g/mol. The normalized spacial score (nSPS) is 15.8. The molecule has 0 spiro atoms. The van der Waals surface area contributed by atoms with Crippen LogP contribution in [-0.2, 0) is 11.3 Å². The highest BCUT2D eigenvalue weighted by Gasteiger charge is 2.18. The molecule has 3 heterocycles. The molecule has 0 saturated heterocycles. The van der Waals surface area contributed by atoms with E-state index >= 15 is 0 Å². The van der Waals surface area contributed by atoms with E-state index in [0.717, 1.165) is 18.5 Å². The molecule has 27 heavy (non-hydrogen) atoms. The van der Waals surface area contributed by atoms with Crippen molar-refractivity contribution in [1.29, 1.82) is 5.41 Å². The summed E-state index contributed by atoms with van der Waals surface area (Å²) in [5.74, 6) is 0.491. The number of nitrogens with one attached hydrogen (secondary N) is 2. The minimum Gasteiger partial charge on any atom is -0.367 e. The van der Waals surface area contributed by atoms with Crippen LogP contribution in [0.1, 0.15) is 12.8 Å². The predicted octanol–water partition coefficient (Wildman–Crippen LogP) is 2.65. The number of nitrogens with zero attached hydrogens (tertiary/aromatic N) is 5. The molecule has 4 rings (SSSR count). The van der Waals surface area contributed by atoms with Crippen molar-refractivity contribution in [3.63, 3.8) is 0 Å². The number of fused-ring (bicyclic) bond motifs is 1. The Hall–Kier alpha value is -3.55. The van der Waals surface area contributed by atoms with Gasteiger partial charge in [0.25, 0.3) is 0 Å². The lowest BCUT2D eigenvalue weighted by Crippen LogP contribution is -2.19. The molecule has 3 aromatic rings. The molecule has 0 amide bonds. The van der Waals surface area contributed by atoms with E-state index in [1.165, 1.54) is 0 Å². The van der Waals surface area contributed by atoms with Crippen LogP contribution in [0.2, 0.25) is 0 Å². The minimum atomic E-state index is -0.149. The molecular formula is C19H19N7O. The summed E-state index contributed by atoms with van der Waals surface area (Å²) in [6, 6.07) is 5.73. The largest absolute Gasteiger partial charge is 0.367 e. The smallest absolute Gasteiger partial charge is 0.187 e. The van der Waals surface area contributed by atoms with E-state index in [1.54, 1.807) is 29.2 Å². The first-order valence-electron chi connectivity index (χ1n) is 8.75. The summed E-state index contributed by atoms with van der Waals surface area (Å²) in [5, 5.41) is 15.5. The average molecular weight is 361 g/mol. The molecule has 2 N–H and O–H groups in total. The fourth-order valence-electron chi connectivity index (χ4n) is 2.92. The monoisotopic (exact) mass is 361 g/mol. The minimum absolute atomic E-state index is 0.0855. The molecule has 8 nitrogen and oxygen atoms in total. The Morgan fingerprint density at radius 3 is 3.00 bits per heavy atom. The highest BCUT2D eigenvalue weighted by Crippen LogP contribution is 2.30. The van der Waals surface area contributed by atoms with Gasteiger partial charge in [-0.3, -0.25) is 4.79 Å². The summed E-state index contributed by atoms with van der Waals surface area (Å²) < 4.78 is 3.77. The van der Waals surface area contributed by atoms with Crippen LogP contribution >= 0.6 is 0 Å². The number of pyridine rings is 1. The van der Waals surface area contributed by atoms with Crippen molar-refractivity contribution in [3.8, 4) is 0 Å². The van der Waals surface area contributed by atoms with Crippen LogP contribution in [0, 0.1) is 5.41 Å². The van der Waals surface area contributed by atoms with E-state index in [-0.39, 0.29) is 12.2 Å². The number of allylic oxidation sites excluding steroid dienone is 2. The van der Waals surface area contributed by atoms with E-state index in [2.05, 4.69) is 20.4 Å². The van der Waals surface area contributed by atoms with Crippen LogP contribution in [0.3, 0.4) is 0 Å². The number of hydrogen-bond donors (Lipinski definition) is 2. The summed E-state index contributed by atoms with van der Waals surface area (Å²) in [6.07, 6.45) is 11.5. The average Bonchev–Trinajstić information content (AvgIpc) is 3.29. The van der Waals surface area contributed by atoms with Crippen molar-refractivity contribution in [2.45, 2.75) is 19.4 Å². The van der Waals surface area contributed by atoms with Crippen LogP contribution in [-0.4, -0.2) is 42.9 Å². The van der Waals surface area contributed by atoms with Gasteiger partial charge in [-0.1, -0.05) is 6.07 Å². The van der Waals surface area contributed by atoms with Crippen LogP contribution in [0.15, 0.2) is 60.3 Å². The first-order valence-corrected chi connectivity index (χ1v) is 8.75. The molecule has 1 aliphatic rings. The van der Waals surface area contributed by atoms with E-state index in [0.29, 0.717) is 29.5 Å². The Morgan fingerprint density at radius 2 is 2.19 bits per heavy atom. The topological polar surface area (TPSA) is 100 Å². The highest BCUT2D eigenvalue weighted by atomic mass is 16.1. The number of anilines is 1. The van der Waals surface area contributed by atoms with E-state index < -0.39 is 0 Å². The molecule has 0 saturated carbocycles. The van der Waals surface area contributed by atoms with Gasteiger partial charge in [0, 0.05) is 37.4 Å². The zero-order valence-electron chi connectivity index (χ0n) is 14.7. The van der Waals surface area contributed by atoms with Gasteiger partial charge in [-0.05, 0) is 30.7 Å². The van der Waals surface area contributed by atoms with Gasteiger partial charge in [0.1, 0.15) is 11.4 Å². The fraction of sp³-hybridized carbons (Fsp3) is 0.211. The van der Waals surface area contributed by atoms with Gasteiger partial charge in [0.15, 0.2) is 11.6 Å². The van der Waals surface area contributed by atoms with Crippen LogP contribution in [0.5, 0.6) is 0 Å². The molecule has 3 aromatic heterocycles. The molecule has 0 atom stereocenters. The lowest BCUT2D eigenvalue weighted by atomic mass is 10.0. The van der Waals surface area contributed by atoms with Crippen LogP contribution < -0.4 is 5.32 Å². The number of ketones is 1. The molecule has 1 aliphatic carbocycles. The number of Topliss-reactive ketones (excluding diaryl/α,β-unsaturated/α-hetero) is 1. The Kier molecular flexibility index (Phi) is 4.61. The third-order valence-corrected chi connectivity index (χ3v) is 4.27. The summed E-state index contributed by atoms with van der Waals surface area (Å²) in [5.41, 5.74) is 2.12. The van der Waals surface area contributed by atoms with Crippen LogP contribution in [0.4, 0.5) is 11.5 Å². The maximum Gasteiger partial charge on any atom is 0.187 e. The van der Waals surface area contributed by atoms with Gasteiger partial charge in [0.2, 0.25) is 0 Å². The van der Waals surface area contributed by atoms with Gasteiger partial charge < -0.3 is 15.3 Å². The van der Waals surface area contributed by atoms with Gasteiger partial charge in [-0.2, -0.15) is 0 Å². The van der Waals surface area contributed by atoms with Crippen LogP contribution in [0.25, 0.3) is 5.52 Å². The number of rotatable bonds is 6. The van der Waals surface area contributed by atoms with E-state index in [9.17, 15) is 4.79 Å². The molecule has 8 heteroatoms. The number of aryl methyl sites for hydroxylation is 1. The zero-order valence-corrected chi connectivity index (χ0v) is 14.7. The van der Waals surface area contributed by atoms with Gasteiger partial charge >= 0.3 is 0 Å². The number of hydrogen-bond acceptors (Lipinski definition) is 6. The lowest BCUT2D eigenvalue weighted by Gasteiger charge is -2.08. The molecule has 0 fully saturated rings. The Balaban J connectivity index is 1.58. The summed E-state index contributed by atoms with van der Waals surface area (Å²) in [4.78, 5) is 20.8. The van der Waals surface area contributed by atoms with Crippen molar-refractivity contribution in [1.82, 2.24) is 19.2 Å². The third kappa shape index (κ3) is 3.69. The van der Waals surface area contributed by atoms with Crippen molar-refractivity contribution < 1.29 is 4.79 Å². The number of aromatic nitrogens is 4. The quantitative estimate of drug-likeness (QED) is 0.659. The summed E-state index contributed by atoms with van der Waals surface area (Å²) >= 11 is 0. The highest BCUT2D eigenvalue weighted by molar-refractivity contribution is 6.50. The van der Waals surface area contributed by atoms with Crippen molar-refractivity contribution in [3.05, 3.63) is 55.3 Å². The molecule has 0 aromatic carbocycles. The predicted molar refractivity (Wildman–Crippen MR) is 104 cm³/mol. The first kappa shape index (κ1) is 16.9. The van der Waals surface area contributed by atoms with Crippen molar-refractivity contribution >= 4 is 34.2 Å². The number of carbonyl (C=O) groups is 1. The molecule has 0 radical (unpaired) electrons. The number of carbonyl (C=O) groups excluding carboxylic acids is 1. The fourth-order valence-corrected chi connectivity index (χ4v) is 2.92. The van der Waals surface area contributed by atoms with Gasteiger partial charge in [-0.25, -0.2) is 14.5 Å². The van der Waals surface area contributed by atoms with E-state index in [4.69, 9.17) is 5.41 Å². The zero-order chi connectivity index (χ0) is 18.6. The van der Waals surface area contributed by atoms with E-state index in [1.807, 2.05) is 35.2 Å². The molecule has 0 unspecified atom stereocenters. The molecule has 136 valence electrons. The van der Waals surface area contributed by atoms with Gasteiger partial charge in [0.05, 0.1) is 18.3 Å². The molecule has 0 aliphatic heterocycles. The maximum absolute atomic E-state index is 12.2. The summed E-state index contributed by atoms with van der Waals surface area (Å²) in [6.45, 7) is 1.57. The number of aliphatic imine (C=N–C) groups is 1. The van der Waals surface area contributed by atoms with Crippen molar-refractivity contribution in [2.24, 2.45) is 4.99 Å². The van der Waals surface area contributed by atoms with Crippen molar-refractivity contribution in [2.75, 3.05) is 11.9 Å². The summed E-state index contributed by atoms with van der Waals surface area (Å²) in [7, 11) is 0. The second-order valence-corrected chi connectivity index (χ2v) is 6.26. The molecule has 0 bridgehead atoms. The Labute approximate surface area is 155 Å². The second kappa shape index (κ2) is 7.36. The standard InChI is InChI=1S/C19H19N7O/c20-14-5-6-15(17(27)12-14)23-18-16-4-1-2-10-26(16)24-19(18)22-7-3-9-25-11-8-21-13-25/h1-2,4-6,8,10-11,13,20H,3,7,9,12H2,(H,22,24). The number of imidazole rings is 1. The second-order valence-electron chi connectivity index (χ2n) is 6.26. The Morgan fingerprint density at radius 1 is 1.26 bits per heavy atom. The Bertz CT molecular complexity index is 1040. The lowest BCUT2D eigenvalue weighted by molar-refractivity contribution is -0.111. The van der Waals surface area contributed by atoms with Gasteiger partial charge in [-0.15, -0.1) is 5.10 Å². The first-order chi connectivity index (χ1) is 13.2. The third-order valence-electron chi connectivity index (χ3n) is 4.27.